The van der Waals surface area contributed by atoms with Gasteiger partial charge in [-0.15, -0.1) is 0 Å². The average Bonchev–Trinajstić information content (AvgIpc) is 0.862. The highest BCUT2D eigenvalue weighted by atomic mass is 79.9. The predicted octanol–water partition coefficient (Wildman–Crippen LogP) is 15.7. The van der Waals surface area contributed by atoms with Crippen molar-refractivity contribution < 1.29 is 28.8 Å². The van der Waals surface area contributed by atoms with Gasteiger partial charge in [0.2, 0.25) is 23.8 Å². The number of nitrogens with two attached hydrogens (primary N) is 4. The molecule has 1 unspecified atom stereocenters. The number of aliphatic hydroxyl groups excluding tert-OH is 1. The number of hydrogen-bond acceptors (Lipinski definition) is 27. The average molecular weight is 1620 g/mol. The topological polar surface area (TPSA) is 376 Å². The minimum Gasteiger partial charge on any atom is -0.451 e. The highest BCUT2D eigenvalue weighted by Crippen LogP contribution is 2.39. The number of nitrogens with one attached hydrogen (secondary N) is 4. The highest BCUT2D eigenvalue weighted by Gasteiger charge is 2.20. The Morgan fingerprint density at radius 3 is 1.08 bits per heavy atom. The molecule has 0 radical (unpaired) electrons. The molecule has 9 rings (SSSR count). The fourth-order valence-electron chi connectivity index (χ4n) is 9.35. The van der Waals surface area contributed by atoms with Crippen LogP contribution in [0.1, 0.15) is 167 Å². The van der Waals surface area contributed by atoms with Crippen LogP contribution in [0.25, 0.3) is 0 Å². The highest BCUT2D eigenvalue weighted by molar-refractivity contribution is 9.11. The molecule has 0 bridgehead atoms. The number of ether oxygens (including phenoxy) is 5. The van der Waals surface area contributed by atoms with Crippen molar-refractivity contribution in [1.82, 2.24) is 64.7 Å². The van der Waals surface area contributed by atoms with Gasteiger partial charge in [0.25, 0.3) is 0 Å². The zero-order chi connectivity index (χ0) is 72.0. The first-order chi connectivity index (χ1) is 47.4. The second kappa shape index (κ2) is 41.8. The molecule has 13 N–H and O–H groups in total. The number of anilines is 8. The van der Waals surface area contributed by atoms with E-state index in [1.54, 1.807) is 37.1 Å². The number of piperidine rings is 1. The number of nitrogens with zero attached hydrogens (tertiary/aromatic N) is 13. The molecule has 536 valence electrons. The van der Waals surface area contributed by atoms with Gasteiger partial charge in [-0.05, 0) is 133 Å². The van der Waals surface area contributed by atoms with Gasteiger partial charge in [0, 0.05) is 111 Å². The van der Waals surface area contributed by atoms with Crippen molar-refractivity contribution in [2.24, 2.45) is 0 Å². The van der Waals surface area contributed by atoms with E-state index >= 15 is 0 Å². The molecule has 8 aromatic heterocycles. The molecular weight excluding hydrogens is 1530 g/mol. The lowest BCUT2D eigenvalue weighted by Gasteiger charge is -2.26. The summed E-state index contributed by atoms with van der Waals surface area (Å²) in [5.74, 6) is 8.93. The van der Waals surface area contributed by atoms with Crippen LogP contribution in [-0.4, -0.2) is 135 Å². The van der Waals surface area contributed by atoms with Crippen LogP contribution in [0.15, 0.2) is 92.3 Å². The smallest absolute Gasteiger partial charge is 0.222 e. The Morgan fingerprint density at radius 2 is 0.758 bits per heavy atom. The quantitative estimate of drug-likeness (QED) is 0.0149. The Morgan fingerprint density at radius 1 is 0.424 bits per heavy atom. The summed E-state index contributed by atoms with van der Waals surface area (Å²) in [6.45, 7) is 30.0. The summed E-state index contributed by atoms with van der Waals surface area (Å²) in [6.07, 6.45) is 20.7. The molecule has 0 aromatic carbocycles. The van der Waals surface area contributed by atoms with Gasteiger partial charge in [0.05, 0.1) is 37.5 Å². The number of aromatic nitrogens is 12. The SMILES string of the molecule is CC(C)c1cnc(Br)cc1Oc1cnc(N)nc1NCCN1CCCCC1.CCC(O)CNc1nc(N)ncc1Oc1cc(Br)ncc1C(C)C.CCCCNc1nc(N)ncc1Oc1cc(Br)ncc1C(C)C.CCCOCCNc1nc(N)ncc1Oc1cc(Br)ncc1C(C)C. The monoisotopic (exact) mass is 1620 g/mol. The van der Waals surface area contributed by atoms with Gasteiger partial charge in [-0.25, -0.2) is 39.9 Å². The van der Waals surface area contributed by atoms with E-state index in [0.29, 0.717) is 97.7 Å². The predicted molar refractivity (Wildman–Crippen MR) is 407 cm³/mol. The first-order valence-corrected chi connectivity index (χ1v) is 36.4. The molecule has 1 aliphatic heterocycles. The molecule has 1 aliphatic rings. The molecule has 9 heterocycles. The minimum absolute atomic E-state index is 0.135. The van der Waals surface area contributed by atoms with Crippen LogP contribution < -0.4 is 63.1 Å². The van der Waals surface area contributed by atoms with E-state index in [0.717, 1.165) is 83.9 Å². The summed E-state index contributed by atoms with van der Waals surface area (Å²) in [4.78, 5) is 52.7. The lowest BCUT2D eigenvalue weighted by Crippen LogP contribution is -2.33. The summed E-state index contributed by atoms with van der Waals surface area (Å²) >= 11 is 13.5. The van der Waals surface area contributed by atoms with Gasteiger partial charge in [-0.3, -0.25) is 0 Å². The lowest BCUT2D eigenvalue weighted by atomic mass is 10.1. The second-order valence-corrected chi connectivity index (χ2v) is 27.3. The third-order valence-electron chi connectivity index (χ3n) is 14.8. The number of rotatable bonds is 30. The number of aliphatic hydroxyl groups is 1. The standard InChI is InChI=1S/C19H27BrN6O.C17H24BrN5O2.C16H22BrN5O2.C16H22BrN5O/c1-13(2)14-11-23-17(20)10-15(14)27-16-12-24-19(21)25-18(16)22-6-9-26-7-4-3-5-8-26;1-4-6-24-7-5-20-16-14(10-22-17(19)23-16)25-13-8-15(18)21-9-12(13)11(2)3;1-4-10(23)6-20-15-13(8-21-16(18)22-15)24-12-5-14(17)19-7-11(12)9(2)3;1-4-5-6-19-15-13(9-21-16(18)22-15)23-12-7-14(17)20-8-11(12)10(2)3/h10-13H,3-9H2,1-2H3,(H3,21,22,24,25);8-11H,4-7H2,1-3H3,(H3,19,20,22,23);5,7-10,23H,4,6H2,1-3H3,(H3,18,20,21,22);7-10H,4-6H2,1-3H3,(H3,18,19,21,22). The van der Waals surface area contributed by atoms with Crippen molar-refractivity contribution in [3.05, 3.63) is 115 Å². The van der Waals surface area contributed by atoms with Crippen LogP contribution in [0.3, 0.4) is 0 Å². The molecule has 0 amide bonds. The lowest BCUT2D eigenvalue weighted by molar-refractivity contribution is 0.144. The molecule has 99 heavy (non-hydrogen) atoms. The molecule has 0 spiro atoms. The first kappa shape index (κ1) is 80.3. The van der Waals surface area contributed by atoms with Gasteiger partial charge in [-0.1, -0.05) is 89.0 Å². The van der Waals surface area contributed by atoms with Crippen molar-refractivity contribution in [3.8, 4) is 46.0 Å². The van der Waals surface area contributed by atoms with Gasteiger partial charge in [-0.2, -0.15) is 19.9 Å². The Hall–Kier alpha value is -7.68. The van der Waals surface area contributed by atoms with Crippen molar-refractivity contribution in [3.63, 3.8) is 0 Å². The van der Waals surface area contributed by atoms with Crippen LogP contribution >= 0.6 is 63.7 Å². The summed E-state index contributed by atoms with van der Waals surface area (Å²) < 4.78 is 32.6. The number of unbranched alkanes of at least 4 members (excludes halogenated alkanes) is 1. The van der Waals surface area contributed by atoms with Crippen LogP contribution in [0.4, 0.5) is 47.1 Å². The number of hydrogen-bond donors (Lipinski definition) is 9. The molecule has 0 aliphatic carbocycles. The van der Waals surface area contributed by atoms with E-state index in [2.05, 4.69) is 219 Å². The molecule has 27 nitrogen and oxygen atoms in total. The van der Waals surface area contributed by atoms with Crippen LogP contribution in [-0.2, 0) is 4.74 Å². The summed E-state index contributed by atoms with van der Waals surface area (Å²) in [5, 5.41) is 22.6. The summed E-state index contributed by atoms with van der Waals surface area (Å²) in [5.41, 5.74) is 26.9. The van der Waals surface area contributed by atoms with Crippen molar-refractivity contribution in [2.45, 2.75) is 151 Å². The minimum atomic E-state index is -0.477. The van der Waals surface area contributed by atoms with Crippen molar-refractivity contribution in [1.29, 1.82) is 0 Å². The zero-order valence-electron chi connectivity index (χ0n) is 58.3. The third kappa shape index (κ3) is 27.1. The van der Waals surface area contributed by atoms with Crippen LogP contribution in [0, 0.1) is 0 Å². The van der Waals surface area contributed by atoms with Crippen molar-refractivity contribution >= 4 is 111 Å². The Balaban J connectivity index is 0.000000208. The number of halogens is 4. The molecule has 1 atom stereocenters. The molecular formula is C68H95Br4N21O6. The molecule has 31 heteroatoms. The second-order valence-electron chi connectivity index (χ2n) is 24.1. The van der Waals surface area contributed by atoms with Gasteiger partial charge < -0.3 is 77.9 Å². The normalized spacial score (nSPS) is 12.4. The van der Waals surface area contributed by atoms with Crippen LogP contribution in [0.2, 0.25) is 0 Å². The largest absolute Gasteiger partial charge is 0.451 e. The van der Waals surface area contributed by atoms with Gasteiger partial charge >= 0.3 is 0 Å². The Bertz CT molecular complexity index is 3780. The number of pyridine rings is 4. The van der Waals surface area contributed by atoms with Gasteiger partial charge in [0.1, 0.15) is 41.4 Å². The van der Waals surface area contributed by atoms with E-state index in [9.17, 15) is 5.11 Å². The Kier molecular flexibility index (Phi) is 33.9. The fraction of sp³-hybridized carbons (Fsp3) is 0.471. The summed E-state index contributed by atoms with van der Waals surface area (Å²) in [6, 6.07) is 7.35. The Labute approximate surface area is 614 Å². The van der Waals surface area contributed by atoms with Gasteiger partial charge in [0.15, 0.2) is 46.3 Å². The summed E-state index contributed by atoms with van der Waals surface area (Å²) in [7, 11) is 0. The van der Waals surface area contributed by atoms with E-state index in [1.807, 2.05) is 37.5 Å². The van der Waals surface area contributed by atoms with E-state index in [1.165, 1.54) is 38.5 Å². The number of likely N-dealkylation sites (tertiary alicyclic amines) is 1. The first-order valence-electron chi connectivity index (χ1n) is 33.2. The third-order valence-corrected chi connectivity index (χ3v) is 16.5. The van der Waals surface area contributed by atoms with E-state index in [4.69, 9.17) is 46.6 Å². The maximum absolute atomic E-state index is 9.73. The number of nitrogen functional groups attached to an aromatic ring is 4. The maximum Gasteiger partial charge on any atom is 0.222 e. The molecule has 1 saturated heterocycles. The maximum atomic E-state index is 9.73. The molecule has 0 saturated carbocycles. The van der Waals surface area contributed by atoms with Crippen LogP contribution in [0.5, 0.6) is 46.0 Å². The molecule has 1 fully saturated rings. The molecule has 8 aromatic rings. The van der Waals surface area contributed by atoms with Crippen molar-refractivity contribution in [2.75, 3.05) is 103 Å². The zero-order valence-corrected chi connectivity index (χ0v) is 64.6. The van der Waals surface area contributed by atoms with E-state index < -0.39 is 6.10 Å². The van der Waals surface area contributed by atoms with E-state index in [-0.39, 0.29) is 47.5 Å². The fourth-order valence-corrected chi connectivity index (χ4v) is 10.6.